The summed E-state index contributed by atoms with van der Waals surface area (Å²) < 4.78 is 12.3. The molecule has 114 valence electrons. The fourth-order valence-corrected chi connectivity index (χ4v) is 2.12. The van der Waals surface area contributed by atoms with Crippen LogP contribution in [0.2, 0.25) is 0 Å². The van der Waals surface area contributed by atoms with E-state index in [1.165, 1.54) is 0 Å². The van der Waals surface area contributed by atoms with Gasteiger partial charge in [0.25, 0.3) is 0 Å². The third kappa shape index (κ3) is 4.37. The first kappa shape index (κ1) is 15.7. The smallest absolute Gasteiger partial charge is 0.0700 e. The van der Waals surface area contributed by atoms with Gasteiger partial charge < -0.3 is 9.47 Å². The highest BCUT2D eigenvalue weighted by Gasteiger charge is 2.15. The van der Waals surface area contributed by atoms with Gasteiger partial charge in [0.05, 0.1) is 30.6 Å². The number of ether oxygens (including phenoxy) is 2. The Balaban J connectivity index is 2.01. The van der Waals surface area contributed by atoms with Crippen LogP contribution in [0.4, 0.5) is 0 Å². The maximum Gasteiger partial charge on any atom is 0.0700 e. The maximum absolute atomic E-state index is 5.68. The Labute approximate surface area is 124 Å². The van der Waals surface area contributed by atoms with E-state index in [2.05, 4.69) is 10.5 Å². The third-order valence-corrected chi connectivity index (χ3v) is 3.21. The number of rotatable bonds is 9. The zero-order valence-corrected chi connectivity index (χ0v) is 12.2. The second-order valence-electron chi connectivity index (χ2n) is 4.62. The lowest BCUT2D eigenvalue weighted by molar-refractivity contribution is 0.0655. The summed E-state index contributed by atoms with van der Waals surface area (Å²) in [6, 6.07) is 11.9. The van der Waals surface area contributed by atoms with Gasteiger partial charge in [0.15, 0.2) is 0 Å². The molecular weight excluding hydrogens is 268 g/mol. The molecule has 6 nitrogen and oxygen atoms in total. The first-order valence-corrected chi connectivity index (χ1v) is 6.99. The number of aromatic nitrogens is 2. The van der Waals surface area contributed by atoms with Crippen molar-refractivity contribution < 1.29 is 9.47 Å². The summed E-state index contributed by atoms with van der Waals surface area (Å²) in [5, 5.41) is 4.37. The number of hydrazine groups is 1. The van der Waals surface area contributed by atoms with Crippen LogP contribution in [0.3, 0.4) is 0 Å². The number of benzene rings is 1. The molecule has 1 heterocycles. The zero-order chi connectivity index (χ0) is 14.9. The molecule has 2 aromatic rings. The Kier molecular flexibility index (Phi) is 6.36. The SMILES string of the molecule is COCCOCCC(NN)c1ccnn1-c1ccccc1. The van der Waals surface area contributed by atoms with Crippen LogP contribution in [-0.4, -0.2) is 36.7 Å². The first-order chi connectivity index (χ1) is 10.4. The second-order valence-corrected chi connectivity index (χ2v) is 4.62. The molecule has 3 N–H and O–H groups in total. The van der Waals surface area contributed by atoms with Gasteiger partial charge in [0, 0.05) is 19.9 Å². The molecule has 6 heteroatoms. The minimum atomic E-state index is -0.0183. The standard InChI is InChI=1S/C15H22N4O2/c1-20-11-12-21-10-8-14(18-16)15-7-9-17-19(15)13-5-3-2-4-6-13/h2-7,9,14,18H,8,10-12,16H2,1H3. The molecule has 21 heavy (non-hydrogen) atoms. The van der Waals surface area contributed by atoms with Gasteiger partial charge in [-0.3, -0.25) is 11.3 Å². The van der Waals surface area contributed by atoms with Crippen molar-refractivity contribution in [2.45, 2.75) is 12.5 Å². The summed E-state index contributed by atoms with van der Waals surface area (Å²) in [5.41, 5.74) is 4.86. The highest BCUT2D eigenvalue weighted by atomic mass is 16.5. The van der Waals surface area contributed by atoms with Gasteiger partial charge in [0.1, 0.15) is 0 Å². The number of nitrogens with one attached hydrogen (secondary N) is 1. The maximum atomic E-state index is 5.68. The lowest BCUT2D eigenvalue weighted by Crippen LogP contribution is -2.30. The van der Waals surface area contributed by atoms with Crippen LogP contribution in [0.1, 0.15) is 18.2 Å². The quantitative estimate of drug-likeness (QED) is 0.415. The Morgan fingerprint density at radius 3 is 2.71 bits per heavy atom. The monoisotopic (exact) mass is 290 g/mol. The normalized spacial score (nSPS) is 12.5. The molecule has 1 atom stereocenters. The van der Waals surface area contributed by atoms with Crippen LogP contribution in [0.15, 0.2) is 42.6 Å². The molecule has 0 aliphatic carbocycles. The van der Waals surface area contributed by atoms with Crippen LogP contribution in [-0.2, 0) is 9.47 Å². The van der Waals surface area contributed by atoms with Crippen molar-refractivity contribution in [2.75, 3.05) is 26.9 Å². The number of nitrogens with two attached hydrogens (primary N) is 1. The first-order valence-electron chi connectivity index (χ1n) is 6.99. The van der Waals surface area contributed by atoms with Crippen LogP contribution in [0.25, 0.3) is 5.69 Å². The van der Waals surface area contributed by atoms with E-state index in [1.807, 2.05) is 41.1 Å². The van der Waals surface area contributed by atoms with Crippen molar-refractivity contribution in [1.29, 1.82) is 0 Å². The topological polar surface area (TPSA) is 74.3 Å². The van der Waals surface area contributed by atoms with E-state index < -0.39 is 0 Å². The van der Waals surface area contributed by atoms with E-state index in [0.29, 0.717) is 19.8 Å². The van der Waals surface area contributed by atoms with Gasteiger partial charge in [-0.1, -0.05) is 18.2 Å². The summed E-state index contributed by atoms with van der Waals surface area (Å²) in [4.78, 5) is 0. The van der Waals surface area contributed by atoms with E-state index in [1.54, 1.807) is 13.3 Å². The third-order valence-electron chi connectivity index (χ3n) is 3.21. The molecule has 1 aromatic heterocycles. The molecule has 0 radical (unpaired) electrons. The van der Waals surface area contributed by atoms with Crippen molar-refractivity contribution in [3.8, 4) is 5.69 Å². The molecular formula is C15H22N4O2. The number of hydrogen-bond donors (Lipinski definition) is 2. The number of hydrogen-bond acceptors (Lipinski definition) is 5. The predicted molar refractivity (Wildman–Crippen MR) is 80.9 cm³/mol. The minimum Gasteiger partial charge on any atom is -0.382 e. The molecule has 0 saturated carbocycles. The largest absolute Gasteiger partial charge is 0.382 e. The summed E-state index contributed by atoms with van der Waals surface area (Å²) in [6.07, 6.45) is 2.54. The van der Waals surface area contributed by atoms with Gasteiger partial charge in [-0.05, 0) is 24.6 Å². The molecule has 0 fully saturated rings. The minimum absolute atomic E-state index is 0.0183. The van der Waals surface area contributed by atoms with Crippen molar-refractivity contribution in [3.63, 3.8) is 0 Å². The van der Waals surface area contributed by atoms with Crippen LogP contribution < -0.4 is 11.3 Å². The highest BCUT2D eigenvalue weighted by molar-refractivity contribution is 5.33. The van der Waals surface area contributed by atoms with E-state index in [9.17, 15) is 0 Å². The molecule has 0 aliphatic heterocycles. The van der Waals surface area contributed by atoms with Crippen LogP contribution in [0, 0.1) is 0 Å². The lowest BCUT2D eigenvalue weighted by atomic mass is 10.1. The van der Waals surface area contributed by atoms with Gasteiger partial charge in [-0.15, -0.1) is 0 Å². The average Bonchev–Trinajstić information content (AvgIpc) is 3.01. The second kappa shape index (κ2) is 8.53. The Morgan fingerprint density at radius 2 is 2.00 bits per heavy atom. The molecule has 0 amide bonds. The average molecular weight is 290 g/mol. The van der Waals surface area contributed by atoms with Crippen LogP contribution in [0.5, 0.6) is 0 Å². The molecule has 0 aliphatic rings. The van der Waals surface area contributed by atoms with E-state index >= 15 is 0 Å². The molecule has 1 aromatic carbocycles. The van der Waals surface area contributed by atoms with Crippen molar-refractivity contribution in [2.24, 2.45) is 5.84 Å². The number of para-hydroxylation sites is 1. The van der Waals surface area contributed by atoms with E-state index in [4.69, 9.17) is 15.3 Å². The van der Waals surface area contributed by atoms with Gasteiger partial charge in [0.2, 0.25) is 0 Å². The fraction of sp³-hybridized carbons (Fsp3) is 0.400. The predicted octanol–water partition coefficient (Wildman–Crippen LogP) is 1.43. The molecule has 1 unspecified atom stereocenters. The van der Waals surface area contributed by atoms with Crippen molar-refractivity contribution >= 4 is 0 Å². The Hall–Kier alpha value is -1.73. The van der Waals surface area contributed by atoms with E-state index in [0.717, 1.165) is 17.8 Å². The van der Waals surface area contributed by atoms with E-state index in [-0.39, 0.29) is 6.04 Å². The summed E-state index contributed by atoms with van der Waals surface area (Å²) >= 11 is 0. The lowest BCUT2D eigenvalue weighted by Gasteiger charge is -2.17. The Bertz CT molecular complexity index is 515. The summed E-state index contributed by atoms with van der Waals surface area (Å²) in [6.45, 7) is 1.80. The van der Waals surface area contributed by atoms with Crippen LogP contribution >= 0.6 is 0 Å². The number of methoxy groups -OCH3 is 1. The molecule has 2 rings (SSSR count). The summed E-state index contributed by atoms with van der Waals surface area (Å²) in [5.74, 6) is 5.68. The van der Waals surface area contributed by atoms with Gasteiger partial charge in [-0.25, -0.2) is 4.68 Å². The highest BCUT2D eigenvalue weighted by Crippen LogP contribution is 2.19. The summed E-state index contributed by atoms with van der Waals surface area (Å²) in [7, 11) is 1.66. The van der Waals surface area contributed by atoms with Gasteiger partial charge in [-0.2, -0.15) is 5.10 Å². The Morgan fingerprint density at radius 1 is 1.19 bits per heavy atom. The molecule has 0 bridgehead atoms. The zero-order valence-electron chi connectivity index (χ0n) is 12.2. The fourth-order valence-electron chi connectivity index (χ4n) is 2.12. The van der Waals surface area contributed by atoms with Gasteiger partial charge >= 0.3 is 0 Å². The van der Waals surface area contributed by atoms with Crippen molar-refractivity contribution in [1.82, 2.24) is 15.2 Å². The number of nitrogens with zero attached hydrogens (tertiary/aromatic N) is 2. The van der Waals surface area contributed by atoms with Crippen molar-refractivity contribution in [3.05, 3.63) is 48.3 Å². The molecule has 0 spiro atoms. The molecule has 0 saturated heterocycles.